The van der Waals surface area contributed by atoms with Gasteiger partial charge in [-0.2, -0.15) is 5.10 Å². The Labute approximate surface area is 119 Å². The molecule has 2 atom stereocenters. The Kier molecular flexibility index (Phi) is 3.04. The van der Waals surface area contributed by atoms with Crippen molar-refractivity contribution in [1.29, 1.82) is 0 Å². The summed E-state index contributed by atoms with van der Waals surface area (Å²) in [7, 11) is 0. The topological polar surface area (TPSA) is 49.0 Å². The Hall–Kier alpha value is -1.32. The molecule has 108 valence electrons. The van der Waals surface area contributed by atoms with Gasteiger partial charge in [0.2, 0.25) is 0 Å². The number of nitrogens with one attached hydrogen (secondary N) is 1. The Balaban J connectivity index is 1.53. The average Bonchev–Trinajstić information content (AvgIpc) is 3.23. The van der Waals surface area contributed by atoms with Crippen LogP contribution in [0.15, 0.2) is 6.07 Å². The van der Waals surface area contributed by atoms with E-state index < -0.39 is 0 Å². The van der Waals surface area contributed by atoms with E-state index in [1.54, 1.807) is 0 Å². The summed E-state index contributed by atoms with van der Waals surface area (Å²) in [5.74, 6) is 1.53. The second-order valence-corrected chi connectivity index (χ2v) is 6.74. The van der Waals surface area contributed by atoms with E-state index in [9.17, 15) is 4.79 Å². The van der Waals surface area contributed by atoms with Crippen LogP contribution in [0, 0.1) is 5.92 Å². The van der Waals surface area contributed by atoms with Crippen molar-refractivity contribution >= 4 is 5.91 Å². The summed E-state index contributed by atoms with van der Waals surface area (Å²) in [6.45, 7) is 0.922. The van der Waals surface area contributed by atoms with Crippen LogP contribution in [0.3, 0.4) is 0 Å². The smallest absolute Gasteiger partial charge is 0.274 e. The number of amides is 1. The van der Waals surface area contributed by atoms with Crippen LogP contribution < -0.4 is 0 Å². The SMILES string of the molecule is O=C(c1cc(C2CC2)[nH]n1)N1CCC[C@@H]2CCCC[C@@H]21. The second kappa shape index (κ2) is 4.90. The lowest BCUT2D eigenvalue weighted by atomic mass is 9.78. The molecule has 1 saturated heterocycles. The number of hydrogen-bond donors (Lipinski definition) is 1. The fourth-order valence-corrected chi connectivity index (χ4v) is 4.07. The Bertz CT molecular complexity index is 504. The molecule has 0 bridgehead atoms. The molecular formula is C16H23N3O. The number of H-pyrrole nitrogens is 1. The first-order valence-electron chi connectivity index (χ1n) is 8.19. The number of hydrogen-bond acceptors (Lipinski definition) is 2. The number of carbonyl (C=O) groups is 1. The molecule has 0 unspecified atom stereocenters. The normalized spacial score (nSPS) is 30.1. The molecule has 1 aliphatic heterocycles. The fraction of sp³-hybridized carbons (Fsp3) is 0.750. The summed E-state index contributed by atoms with van der Waals surface area (Å²) in [5, 5.41) is 7.34. The minimum atomic E-state index is 0.157. The van der Waals surface area contributed by atoms with Crippen LogP contribution in [-0.2, 0) is 0 Å². The van der Waals surface area contributed by atoms with Gasteiger partial charge in [0.25, 0.3) is 5.91 Å². The first kappa shape index (κ1) is 12.4. The number of piperidine rings is 1. The van der Waals surface area contributed by atoms with Crippen molar-refractivity contribution in [3.63, 3.8) is 0 Å². The van der Waals surface area contributed by atoms with E-state index in [2.05, 4.69) is 15.1 Å². The van der Waals surface area contributed by atoms with Gasteiger partial charge in [-0.3, -0.25) is 9.89 Å². The molecule has 0 spiro atoms. The maximum Gasteiger partial charge on any atom is 0.274 e. The van der Waals surface area contributed by atoms with Gasteiger partial charge in [-0.1, -0.05) is 12.8 Å². The van der Waals surface area contributed by atoms with Gasteiger partial charge >= 0.3 is 0 Å². The zero-order chi connectivity index (χ0) is 13.5. The van der Waals surface area contributed by atoms with Crippen LogP contribution in [0.5, 0.6) is 0 Å². The van der Waals surface area contributed by atoms with Crippen molar-refractivity contribution in [1.82, 2.24) is 15.1 Å². The molecule has 1 N–H and O–H groups in total. The van der Waals surface area contributed by atoms with E-state index in [4.69, 9.17) is 0 Å². The molecule has 2 heterocycles. The molecule has 20 heavy (non-hydrogen) atoms. The van der Waals surface area contributed by atoms with Gasteiger partial charge in [-0.05, 0) is 50.5 Å². The highest BCUT2D eigenvalue weighted by atomic mass is 16.2. The molecule has 1 amide bonds. The summed E-state index contributed by atoms with van der Waals surface area (Å²) >= 11 is 0. The van der Waals surface area contributed by atoms with E-state index in [1.165, 1.54) is 44.9 Å². The second-order valence-electron chi connectivity index (χ2n) is 6.74. The van der Waals surface area contributed by atoms with Gasteiger partial charge in [0.05, 0.1) is 0 Å². The monoisotopic (exact) mass is 273 g/mol. The molecule has 2 aliphatic carbocycles. The highest BCUT2D eigenvalue weighted by molar-refractivity contribution is 5.92. The van der Waals surface area contributed by atoms with E-state index in [0.29, 0.717) is 17.7 Å². The highest BCUT2D eigenvalue weighted by Crippen LogP contribution is 2.39. The molecule has 2 saturated carbocycles. The van der Waals surface area contributed by atoms with Gasteiger partial charge in [-0.25, -0.2) is 0 Å². The lowest BCUT2D eigenvalue weighted by Crippen LogP contribution is -2.49. The molecule has 1 aromatic heterocycles. The van der Waals surface area contributed by atoms with Crippen molar-refractivity contribution in [2.45, 2.75) is 63.3 Å². The molecule has 3 fully saturated rings. The maximum absolute atomic E-state index is 12.8. The number of fused-ring (bicyclic) bond motifs is 1. The molecule has 4 heteroatoms. The van der Waals surface area contributed by atoms with Crippen LogP contribution in [0.25, 0.3) is 0 Å². The standard InChI is InChI=1S/C16H23N3O/c20-16(14-10-13(17-18-14)11-7-8-11)19-9-3-5-12-4-1-2-6-15(12)19/h10-12,15H,1-9H2,(H,17,18)/t12-,15-/m0/s1. The van der Waals surface area contributed by atoms with E-state index in [0.717, 1.165) is 24.6 Å². The minimum absolute atomic E-state index is 0.157. The van der Waals surface area contributed by atoms with Crippen LogP contribution in [-0.4, -0.2) is 33.6 Å². The fourth-order valence-electron chi connectivity index (χ4n) is 4.07. The Morgan fingerprint density at radius 1 is 1.15 bits per heavy atom. The zero-order valence-corrected chi connectivity index (χ0v) is 12.0. The van der Waals surface area contributed by atoms with E-state index >= 15 is 0 Å². The minimum Gasteiger partial charge on any atom is -0.334 e. The molecule has 3 aliphatic rings. The molecule has 4 rings (SSSR count). The average molecular weight is 273 g/mol. The number of aromatic amines is 1. The molecule has 0 aromatic carbocycles. The van der Waals surface area contributed by atoms with E-state index in [-0.39, 0.29) is 5.91 Å². The van der Waals surface area contributed by atoms with Gasteiger partial charge in [0.1, 0.15) is 5.69 Å². The third-order valence-electron chi connectivity index (χ3n) is 5.34. The van der Waals surface area contributed by atoms with Crippen molar-refractivity contribution in [2.75, 3.05) is 6.54 Å². The van der Waals surface area contributed by atoms with Crippen LogP contribution in [0.2, 0.25) is 0 Å². The van der Waals surface area contributed by atoms with Crippen molar-refractivity contribution in [3.05, 3.63) is 17.5 Å². The lowest BCUT2D eigenvalue weighted by molar-refractivity contribution is 0.0385. The number of carbonyl (C=O) groups excluding carboxylic acids is 1. The summed E-state index contributed by atoms with van der Waals surface area (Å²) < 4.78 is 0. The number of rotatable bonds is 2. The number of aromatic nitrogens is 2. The van der Waals surface area contributed by atoms with Gasteiger partial charge < -0.3 is 4.90 Å². The third kappa shape index (κ3) is 2.15. The van der Waals surface area contributed by atoms with Crippen LogP contribution >= 0.6 is 0 Å². The van der Waals surface area contributed by atoms with Crippen LogP contribution in [0.4, 0.5) is 0 Å². The quantitative estimate of drug-likeness (QED) is 0.900. The van der Waals surface area contributed by atoms with Gasteiger partial charge in [0.15, 0.2) is 0 Å². The molecule has 4 nitrogen and oxygen atoms in total. The predicted molar refractivity (Wildman–Crippen MR) is 76.6 cm³/mol. The summed E-state index contributed by atoms with van der Waals surface area (Å²) in [6.07, 6.45) is 10.1. The highest BCUT2D eigenvalue weighted by Gasteiger charge is 2.37. The van der Waals surface area contributed by atoms with Gasteiger partial charge in [0, 0.05) is 24.2 Å². The number of likely N-dealkylation sites (tertiary alicyclic amines) is 1. The zero-order valence-electron chi connectivity index (χ0n) is 12.0. The van der Waals surface area contributed by atoms with Gasteiger partial charge in [-0.15, -0.1) is 0 Å². The third-order valence-corrected chi connectivity index (χ3v) is 5.34. The Morgan fingerprint density at radius 3 is 2.80 bits per heavy atom. The lowest BCUT2D eigenvalue weighted by Gasteiger charge is -2.43. The van der Waals surface area contributed by atoms with Crippen LogP contribution in [0.1, 0.15) is 73.5 Å². The van der Waals surface area contributed by atoms with Crippen molar-refractivity contribution in [2.24, 2.45) is 5.92 Å². The molecular weight excluding hydrogens is 250 g/mol. The first-order chi connectivity index (χ1) is 9.83. The first-order valence-corrected chi connectivity index (χ1v) is 8.19. The molecule has 0 radical (unpaired) electrons. The van der Waals surface area contributed by atoms with Crippen molar-refractivity contribution in [3.8, 4) is 0 Å². The maximum atomic E-state index is 12.8. The summed E-state index contributed by atoms with van der Waals surface area (Å²) in [4.78, 5) is 14.9. The summed E-state index contributed by atoms with van der Waals surface area (Å²) in [6, 6.07) is 2.47. The van der Waals surface area contributed by atoms with Crippen molar-refractivity contribution < 1.29 is 4.79 Å². The Morgan fingerprint density at radius 2 is 1.95 bits per heavy atom. The molecule has 1 aromatic rings. The predicted octanol–water partition coefficient (Wildman–Crippen LogP) is 3.08. The summed E-state index contributed by atoms with van der Waals surface area (Å²) in [5.41, 5.74) is 1.80. The number of nitrogens with zero attached hydrogens (tertiary/aromatic N) is 2. The largest absolute Gasteiger partial charge is 0.334 e. The van der Waals surface area contributed by atoms with E-state index in [1.807, 2.05) is 6.07 Å².